The predicted octanol–water partition coefficient (Wildman–Crippen LogP) is 5.37. The van der Waals surface area contributed by atoms with Crippen LogP contribution in [0.4, 0.5) is 10.8 Å². The maximum absolute atomic E-state index is 14.0. The number of amides is 1. The second-order valence-corrected chi connectivity index (χ2v) is 13.6. The van der Waals surface area contributed by atoms with Gasteiger partial charge in [-0.2, -0.15) is 0 Å². The molecule has 0 radical (unpaired) electrons. The van der Waals surface area contributed by atoms with Crippen molar-refractivity contribution in [3.05, 3.63) is 83.4 Å². The highest BCUT2D eigenvalue weighted by molar-refractivity contribution is 7.92. The molecule has 1 saturated heterocycles. The lowest BCUT2D eigenvalue weighted by Gasteiger charge is -2.30. The van der Waals surface area contributed by atoms with Gasteiger partial charge in [0.05, 0.1) is 34.0 Å². The summed E-state index contributed by atoms with van der Waals surface area (Å²) >= 11 is 1.52. The van der Waals surface area contributed by atoms with Crippen molar-refractivity contribution in [1.82, 2.24) is 9.88 Å². The van der Waals surface area contributed by atoms with Gasteiger partial charge in [-0.15, -0.1) is 0 Å². The maximum Gasteiger partial charge on any atom is 0.264 e. The standard InChI is InChI=1S/C32H36N4O4S2/c1-2-24-9-5-12-29-30(24)33-32(41-29)35(18-7-17-34-20-22-40-23-21-34)31(37)26-13-15-27(16-14-26)42(38,39)36-19-6-10-25-8-3-4-11-28(25)36/h3-5,8-9,11-16H,2,6-7,10,17-23H2,1H3. The van der Waals surface area contributed by atoms with Crippen molar-refractivity contribution >= 4 is 48.3 Å². The minimum atomic E-state index is -3.76. The highest BCUT2D eigenvalue weighted by atomic mass is 32.2. The zero-order chi connectivity index (χ0) is 29.1. The number of anilines is 2. The van der Waals surface area contributed by atoms with Crippen molar-refractivity contribution in [3.8, 4) is 0 Å². The van der Waals surface area contributed by atoms with Gasteiger partial charge in [-0.25, -0.2) is 13.4 Å². The number of hydrogen-bond acceptors (Lipinski definition) is 7. The summed E-state index contributed by atoms with van der Waals surface area (Å²) in [4.78, 5) is 23.2. The van der Waals surface area contributed by atoms with Gasteiger partial charge in [-0.1, -0.05) is 48.6 Å². The maximum atomic E-state index is 14.0. The molecule has 0 aliphatic carbocycles. The molecule has 0 bridgehead atoms. The van der Waals surface area contributed by atoms with Gasteiger partial charge >= 0.3 is 0 Å². The molecule has 2 aliphatic heterocycles. The van der Waals surface area contributed by atoms with Crippen LogP contribution < -0.4 is 9.21 Å². The van der Waals surface area contributed by atoms with E-state index in [4.69, 9.17) is 9.72 Å². The molecule has 220 valence electrons. The van der Waals surface area contributed by atoms with Gasteiger partial charge in [0.1, 0.15) is 0 Å². The molecule has 8 nitrogen and oxygen atoms in total. The topological polar surface area (TPSA) is 83.0 Å². The molecule has 1 amide bonds. The molecule has 10 heteroatoms. The number of aromatic nitrogens is 1. The largest absolute Gasteiger partial charge is 0.379 e. The first-order valence-corrected chi connectivity index (χ1v) is 16.9. The Morgan fingerprint density at radius 1 is 1.00 bits per heavy atom. The van der Waals surface area contributed by atoms with Crippen LogP contribution in [0.5, 0.6) is 0 Å². The fraction of sp³-hybridized carbons (Fsp3) is 0.375. The Labute approximate surface area is 251 Å². The van der Waals surface area contributed by atoms with E-state index in [1.165, 1.54) is 15.6 Å². The molecule has 0 unspecified atom stereocenters. The minimum Gasteiger partial charge on any atom is -0.379 e. The zero-order valence-corrected chi connectivity index (χ0v) is 25.5. The number of benzene rings is 3. The van der Waals surface area contributed by atoms with E-state index in [0.29, 0.717) is 23.8 Å². The minimum absolute atomic E-state index is 0.179. The van der Waals surface area contributed by atoms with E-state index in [2.05, 4.69) is 17.9 Å². The van der Waals surface area contributed by atoms with Crippen LogP contribution in [0.15, 0.2) is 71.6 Å². The van der Waals surface area contributed by atoms with Crippen molar-refractivity contribution in [1.29, 1.82) is 0 Å². The Morgan fingerprint density at radius 3 is 2.57 bits per heavy atom. The summed E-state index contributed by atoms with van der Waals surface area (Å²) in [7, 11) is -3.76. The molecule has 4 aromatic rings. The fourth-order valence-electron chi connectivity index (χ4n) is 5.76. The molecule has 0 saturated carbocycles. The number of aryl methyl sites for hydroxylation is 2. The summed E-state index contributed by atoms with van der Waals surface area (Å²) in [6.45, 7) is 7.19. The fourth-order valence-corrected chi connectivity index (χ4v) is 8.34. The third-order valence-corrected chi connectivity index (χ3v) is 10.9. The molecule has 0 atom stereocenters. The summed E-state index contributed by atoms with van der Waals surface area (Å²) in [5.41, 5.74) is 4.31. The molecule has 0 N–H and O–H groups in total. The van der Waals surface area contributed by atoms with Gasteiger partial charge in [0.15, 0.2) is 5.13 Å². The number of rotatable bonds is 9. The second-order valence-electron chi connectivity index (χ2n) is 10.7. The zero-order valence-electron chi connectivity index (χ0n) is 23.9. The predicted molar refractivity (Wildman–Crippen MR) is 168 cm³/mol. The van der Waals surface area contributed by atoms with E-state index in [-0.39, 0.29) is 10.8 Å². The molecule has 0 spiro atoms. The van der Waals surface area contributed by atoms with Crippen LogP contribution in [-0.2, 0) is 27.6 Å². The lowest BCUT2D eigenvalue weighted by atomic mass is 10.0. The van der Waals surface area contributed by atoms with Gasteiger partial charge in [-0.05, 0) is 73.2 Å². The molecular weight excluding hydrogens is 569 g/mol. The molecule has 3 heterocycles. The second kappa shape index (κ2) is 12.5. The Balaban J connectivity index is 1.26. The van der Waals surface area contributed by atoms with Crippen LogP contribution in [0.25, 0.3) is 10.2 Å². The lowest BCUT2D eigenvalue weighted by molar-refractivity contribution is 0.0376. The number of fused-ring (bicyclic) bond motifs is 2. The average molecular weight is 605 g/mol. The number of ether oxygens (including phenoxy) is 1. The molecule has 2 aliphatic rings. The number of carbonyl (C=O) groups excluding carboxylic acids is 1. The van der Waals surface area contributed by atoms with Crippen LogP contribution >= 0.6 is 11.3 Å². The first-order valence-electron chi connectivity index (χ1n) is 14.7. The van der Waals surface area contributed by atoms with Gasteiger partial charge in [0.2, 0.25) is 0 Å². The number of carbonyl (C=O) groups is 1. The van der Waals surface area contributed by atoms with Gasteiger partial charge in [-0.3, -0.25) is 18.9 Å². The Kier molecular flexibility index (Phi) is 8.57. The normalized spacial score (nSPS) is 16.0. The number of nitrogens with zero attached hydrogens (tertiary/aromatic N) is 4. The molecule has 1 fully saturated rings. The van der Waals surface area contributed by atoms with Crippen LogP contribution in [-0.4, -0.2) is 70.1 Å². The Morgan fingerprint density at radius 2 is 1.79 bits per heavy atom. The van der Waals surface area contributed by atoms with E-state index in [9.17, 15) is 13.2 Å². The lowest BCUT2D eigenvalue weighted by Crippen LogP contribution is -2.39. The van der Waals surface area contributed by atoms with Gasteiger partial charge in [0.25, 0.3) is 15.9 Å². The van der Waals surface area contributed by atoms with Crippen molar-refractivity contribution in [3.63, 3.8) is 0 Å². The summed E-state index contributed by atoms with van der Waals surface area (Å²) < 4.78 is 35.3. The van der Waals surface area contributed by atoms with Gasteiger partial charge in [0, 0.05) is 38.3 Å². The van der Waals surface area contributed by atoms with Crippen LogP contribution in [0, 0.1) is 0 Å². The molecule has 42 heavy (non-hydrogen) atoms. The van der Waals surface area contributed by atoms with E-state index in [0.717, 1.165) is 85.6 Å². The summed E-state index contributed by atoms with van der Waals surface area (Å²) in [5.74, 6) is -0.179. The van der Waals surface area contributed by atoms with Crippen molar-refractivity contribution < 1.29 is 17.9 Å². The highest BCUT2D eigenvalue weighted by Crippen LogP contribution is 2.34. The number of morpholine rings is 1. The molecule has 6 rings (SSSR count). The summed E-state index contributed by atoms with van der Waals surface area (Å²) in [6.07, 6.45) is 3.29. The Hall–Kier alpha value is -3.31. The van der Waals surface area contributed by atoms with Crippen molar-refractivity contribution in [2.45, 2.75) is 37.5 Å². The quantitative estimate of drug-likeness (QED) is 0.256. The van der Waals surface area contributed by atoms with Gasteiger partial charge < -0.3 is 4.74 Å². The molecule has 3 aromatic carbocycles. The van der Waals surface area contributed by atoms with Crippen molar-refractivity contribution in [2.75, 3.05) is 55.1 Å². The van der Waals surface area contributed by atoms with Crippen LogP contribution in [0.2, 0.25) is 0 Å². The van der Waals surface area contributed by atoms with E-state index in [1.54, 1.807) is 29.2 Å². The SMILES string of the molecule is CCc1cccc2sc(N(CCCN3CCOCC3)C(=O)c3ccc(S(=O)(=O)N4CCCc5ccccc54)cc3)nc12. The van der Waals surface area contributed by atoms with E-state index >= 15 is 0 Å². The number of para-hydroxylation sites is 2. The monoisotopic (exact) mass is 604 g/mol. The Bertz CT molecular complexity index is 1660. The van der Waals surface area contributed by atoms with E-state index < -0.39 is 10.0 Å². The first kappa shape index (κ1) is 28.8. The number of thiazole rings is 1. The number of sulfonamides is 1. The number of hydrogen-bond donors (Lipinski definition) is 0. The van der Waals surface area contributed by atoms with Crippen LogP contribution in [0.1, 0.15) is 41.3 Å². The summed E-state index contributed by atoms with van der Waals surface area (Å²) in [5, 5.41) is 0.666. The smallest absolute Gasteiger partial charge is 0.264 e. The first-order chi connectivity index (χ1) is 20.5. The third-order valence-electron chi connectivity index (χ3n) is 8.06. The third kappa shape index (κ3) is 5.81. The van der Waals surface area contributed by atoms with E-state index in [1.807, 2.05) is 36.4 Å². The van der Waals surface area contributed by atoms with Crippen molar-refractivity contribution in [2.24, 2.45) is 0 Å². The molecule has 1 aromatic heterocycles. The average Bonchev–Trinajstić information content (AvgIpc) is 3.47. The highest BCUT2D eigenvalue weighted by Gasteiger charge is 2.29. The molecular formula is C32H36N4O4S2. The van der Waals surface area contributed by atoms with Crippen LogP contribution in [0.3, 0.4) is 0 Å². The summed E-state index contributed by atoms with van der Waals surface area (Å²) in [6, 6.07) is 20.2.